The maximum atomic E-state index is 13.1. The van der Waals surface area contributed by atoms with E-state index in [1.807, 2.05) is 30.3 Å². The molecule has 9 heteroatoms. The summed E-state index contributed by atoms with van der Waals surface area (Å²) in [6.07, 6.45) is -0.720. The fourth-order valence-corrected chi connectivity index (χ4v) is 6.06. The Kier molecular flexibility index (Phi) is 7.90. The van der Waals surface area contributed by atoms with Crippen LogP contribution in [-0.4, -0.2) is 39.9 Å². The molecule has 2 heterocycles. The third-order valence-corrected chi connectivity index (χ3v) is 8.49. The predicted molar refractivity (Wildman–Crippen MR) is 157 cm³/mol. The van der Waals surface area contributed by atoms with Crippen molar-refractivity contribution in [1.29, 1.82) is 0 Å². The molecule has 3 atom stereocenters. The van der Waals surface area contributed by atoms with Crippen molar-refractivity contribution in [2.75, 3.05) is 10.7 Å². The van der Waals surface area contributed by atoms with E-state index in [1.165, 1.54) is 4.90 Å². The molecule has 8 nitrogen and oxygen atoms in total. The minimum atomic E-state index is -0.972. The van der Waals surface area contributed by atoms with Gasteiger partial charge in [0.15, 0.2) is 6.29 Å². The molecule has 2 N–H and O–H groups in total. The molecular weight excluding hydrogens is 554 g/mol. The average Bonchev–Trinajstić information content (AvgIpc) is 3.29. The topological polar surface area (TPSA) is 113 Å². The molecule has 0 spiro atoms. The number of thioether (sulfide) groups is 1. The highest BCUT2D eigenvalue weighted by Crippen LogP contribution is 2.40. The van der Waals surface area contributed by atoms with Crippen molar-refractivity contribution in [3.05, 3.63) is 130 Å². The van der Waals surface area contributed by atoms with Crippen LogP contribution in [0.1, 0.15) is 66.6 Å². The molecule has 2 amide bonds. The van der Waals surface area contributed by atoms with Crippen LogP contribution >= 0.6 is 11.8 Å². The fourth-order valence-electron chi connectivity index (χ4n) is 5.14. The van der Waals surface area contributed by atoms with Crippen LogP contribution in [0.25, 0.3) is 0 Å². The van der Waals surface area contributed by atoms with Crippen LogP contribution in [0.3, 0.4) is 0 Å². The normalized spacial score (nSPS) is 20.0. The van der Waals surface area contributed by atoms with Gasteiger partial charge in [0.2, 0.25) is 0 Å². The van der Waals surface area contributed by atoms with Gasteiger partial charge in [-0.25, -0.2) is 9.69 Å². The lowest BCUT2D eigenvalue weighted by molar-refractivity contribution is -0.245. The summed E-state index contributed by atoms with van der Waals surface area (Å²) < 4.78 is 12.9. The van der Waals surface area contributed by atoms with Crippen molar-refractivity contribution >= 4 is 35.2 Å². The van der Waals surface area contributed by atoms with Gasteiger partial charge in [-0.1, -0.05) is 48.5 Å². The fraction of sp³-hybridized carbons (Fsp3) is 0.182. The lowest BCUT2D eigenvalue weighted by Gasteiger charge is -2.36. The molecule has 2 aliphatic heterocycles. The first-order valence-corrected chi connectivity index (χ1v) is 14.4. The van der Waals surface area contributed by atoms with Crippen LogP contribution in [0, 0.1) is 0 Å². The molecule has 1 saturated heterocycles. The second-order valence-corrected chi connectivity index (χ2v) is 11.2. The molecule has 4 aromatic carbocycles. The monoisotopic (exact) mass is 581 g/mol. The Bertz CT molecular complexity index is 1600. The number of aliphatic hydroxyl groups is 1. The van der Waals surface area contributed by atoms with Crippen molar-refractivity contribution in [2.24, 2.45) is 0 Å². The maximum absolute atomic E-state index is 13.1. The van der Waals surface area contributed by atoms with E-state index in [2.05, 4.69) is 0 Å². The molecule has 0 radical (unpaired) electrons. The van der Waals surface area contributed by atoms with Crippen LogP contribution < -0.4 is 4.90 Å². The minimum absolute atomic E-state index is 0.0535. The lowest BCUT2D eigenvalue weighted by atomic mass is 10.0. The minimum Gasteiger partial charge on any atom is -0.478 e. The average molecular weight is 582 g/mol. The zero-order valence-corrected chi connectivity index (χ0v) is 23.2. The molecule has 212 valence electrons. The highest BCUT2D eigenvalue weighted by molar-refractivity contribution is 7.99. The number of imide groups is 1. The van der Waals surface area contributed by atoms with E-state index < -0.39 is 12.3 Å². The van der Waals surface area contributed by atoms with E-state index in [9.17, 15) is 24.6 Å². The zero-order chi connectivity index (χ0) is 29.2. The first-order chi connectivity index (χ1) is 20.4. The van der Waals surface area contributed by atoms with Crippen LogP contribution in [0.2, 0.25) is 0 Å². The van der Waals surface area contributed by atoms with E-state index in [1.54, 1.807) is 78.5 Å². The number of hydrogen-bond acceptors (Lipinski definition) is 7. The lowest BCUT2D eigenvalue weighted by Crippen LogP contribution is -2.32. The molecule has 0 unspecified atom stereocenters. The van der Waals surface area contributed by atoms with Gasteiger partial charge in [-0.3, -0.25) is 9.59 Å². The summed E-state index contributed by atoms with van der Waals surface area (Å²) in [5.41, 5.74) is 3.82. The van der Waals surface area contributed by atoms with Gasteiger partial charge in [0.1, 0.15) is 0 Å². The van der Waals surface area contributed by atoms with E-state index >= 15 is 0 Å². The van der Waals surface area contributed by atoms with Crippen molar-refractivity contribution in [2.45, 2.75) is 36.4 Å². The zero-order valence-electron chi connectivity index (χ0n) is 22.4. The Morgan fingerprint density at radius 2 is 1.52 bits per heavy atom. The number of benzene rings is 4. The molecular formula is C33H27NO7S. The van der Waals surface area contributed by atoms with Crippen molar-refractivity contribution in [3.63, 3.8) is 0 Å². The van der Waals surface area contributed by atoms with Gasteiger partial charge in [0, 0.05) is 22.6 Å². The number of fused-ring (bicyclic) bond motifs is 1. The van der Waals surface area contributed by atoms with Gasteiger partial charge in [-0.15, -0.1) is 11.8 Å². The molecule has 0 aromatic heterocycles. The second kappa shape index (κ2) is 11.9. The number of hydrogen-bond donors (Lipinski definition) is 2. The SMILES string of the molecule is O=C(O)c1ccc(SC[C@H]2C[C@@H](c3ccc(CO)cc3)O[C@@H](c3cccc(N4C(=O)c5ccccc5C4=O)c3)O2)cc1. The van der Waals surface area contributed by atoms with Crippen molar-refractivity contribution in [1.82, 2.24) is 0 Å². The Morgan fingerprint density at radius 3 is 2.17 bits per heavy atom. The molecule has 2 aliphatic rings. The summed E-state index contributed by atoms with van der Waals surface area (Å²) >= 11 is 1.56. The molecule has 0 bridgehead atoms. The number of carboxylic acids is 1. The molecule has 0 aliphatic carbocycles. The van der Waals surface area contributed by atoms with Crippen LogP contribution in [0.5, 0.6) is 0 Å². The molecule has 1 fully saturated rings. The van der Waals surface area contributed by atoms with E-state index in [0.29, 0.717) is 34.6 Å². The Morgan fingerprint density at radius 1 is 0.833 bits per heavy atom. The standard InChI is InChI=1S/C33H27NO7S/c35-18-20-8-10-21(11-9-20)29-17-25(19-42-26-14-12-22(13-15-26)32(38)39)40-33(41-29)23-4-3-5-24(16-23)34-30(36)27-6-1-2-7-28(27)31(34)37/h1-16,25,29,33,35H,17-19H2,(H,38,39)/t25-,29+,33+/m1/s1. The van der Waals surface area contributed by atoms with Gasteiger partial charge in [-0.2, -0.15) is 0 Å². The largest absolute Gasteiger partial charge is 0.478 e. The van der Waals surface area contributed by atoms with Crippen LogP contribution in [-0.2, 0) is 16.1 Å². The Balaban J connectivity index is 1.25. The van der Waals surface area contributed by atoms with Crippen LogP contribution in [0.15, 0.2) is 102 Å². The first-order valence-electron chi connectivity index (χ1n) is 13.5. The predicted octanol–water partition coefficient (Wildman–Crippen LogP) is 6.02. The van der Waals surface area contributed by atoms with Gasteiger partial charge in [0.25, 0.3) is 11.8 Å². The third kappa shape index (κ3) is 5.60. The number of rotatable bonds is 8. The number of carbonyl (C=O) groups is 3. The quantitative estimate of drug-likeness (QED) is 0.192. The summed E-state index contributed by atoms with van der Waals surface area (Å²) in [6.45, 7) is -0.0535. The van der Waals surface area contributed by atoms with Gasteiger partial charge in [-0.05, 0) is 59.7 Å². The maximum Gasteiger partial charge on any atom is 0.335 e. The molecule has 6 rings (SSSR count). The van der Waals surface area contributed by atoms with Crippen molar-refractivity contribution < 1.29 is 34.1 Å². The van der Waals surface area contributed by atoms with E-state index in [-0.39, 0.29) is 36.2 Å². The smallest absolute Gasteiger partial charge is 0.335 e. The molecule has 0 saturated carbocycles. The van der Waals surface area contributed by atoms with Gasteiger partial charge < -0.3 is 19.7 Å². The van der Waals surface area contributed by atoms with E-state index in [4.69, 9.17) is 9.47 Å². The number of amides is 2. The summed E-state index contributed by atoms with van der Waals surface area (Å²) in [6, 6.07) is 28.2. The Labute approximate surface area is 246 Å². The summed E-state index contributed by atoms with van der Waals surface area (Å²) in [5.74, 6) is -1.12. The number of carbonyl (C=O) groups excluding carboxylic acids is 2. The highest BCUT2D eigenvalue weighted by atomic mass is 32.2. The summed E-state index contributed by atoms with van der Waals surface area (Å²) in [5, 5.41) is 18.7. The number of carboxylic acid groups (broad SMARTS) is 1. The molecule has 42 heavy (non-hydrogen) atoms. The third-order valence-electron chi connectivity index (χ3n) is 7.35. The number of aliphatic hydroxyl groups excluding tert-OH is 1. The second-order valence-electron chi connectivity index (χ2n) is 10.1. The van der Waals surface area contributed by atoms with E-state index in [0.717, 1.165) is 16.0 Å². The van der Waals surface area contributed by atoms with Crippen LogP contribution in [0.4, 0.5) is 5.69 Å². The number of aromatic carboxylic acids is 1. The first kappa shape index (κ1) is 27.9. The highest BCUT2D eigenvalue weighted by Gasteiger charge is 2.37. The number of ether oxygens (including phenoxy) is 2. The van der Waals surface area contributed by atoms with Crippen molar-refractivity contribution in [3.8, 4) is 0 Å². The Hall–Kier alpha value is -4.28. The van der Waals surface area contributed by atoms with Gasteiger partial charge >= 0.3 is 5.97 Å². The van der Waals surface area contributed by atoms with Gasteiger partial charge in [0.05, 0.1) is 41.2 Å². The number of nitrogens with zero attached hydrogens (tertiary/aromatic N) is 1. The summed E-state index contributed by atoms with van der Waals surface area (Å²) in [4.78, 5) is 39.5. The molecule has 4 aromatic rings. The summed E-state index contributed by atoms with van der Waals surface area (Å²) in [7, 11) is 0. The number of anilines is 1.